The van der Waals surface area contributed by atoms with Gasteiger partial charge in [-0.1, -0.05) is 0 Å². The van der Waals surface area contributed by atoms with Crippen LogP contribution in [-0.4, -0.2) is 22.9 Å². The first-order valence-corrected chi connectivity index (χ1v) is 2.69. The molecule has 0 saturated carbocycles. The lowest BCUT2D eigenvalue weighted by Gasteiger charge is -2.27. The second-order valence-electron chi connectivity index (χ2n) is 2.77. The Hall–Kier alpha value is -0.0000000000000000555. The average molecular weight is 194 g/mol. The first kappa shape index (κ1) is 13.6. The highest BCUT2D eigenvalue weighted by Crippen LogP contribution is 2.25. The molecule has 0 bridgehead atoms. The first-order valence-electron chi connectivity index (χ1n) is 2.69. The van der Waals surface area contributed by atoms with Gasteiger partial charge < -0.3 is 10.8 Å². The van der Waals surface area contributed by atoms with Crippen LogP contribution >= 0.6 is 12.4 Å². The molecule has 1 atom stereocenters. The first-order chi connectivity index (χ1) is 4.15. The number of hydrogen-bond donors (Lipinski definition) is 2. The number of nitrogens with two attached hydrogens (primary N) is 1. The molecule has 0 spiro atoms. The highest BCUT2D eigenvalue weighted by atomic mass is 35.5. The lowest BCUT2D eigenvalue weighted by atomic mass is 9.99. The number of hydrogen-bond acceptors (Lipinski definition) is 2. The van der Waals surface area contributed by atoms with E-state index in [1.54, 1.807) is 0 Å². The molecule has 70 valence electrons. The van der Waals surface area contributed by atoms with Gasteiger partial charge in [0.05, 0.1) is 0 Å². The molecule has 0 saturated heterocycles. The fraction of sp³-hybridized carbons (Fsp3) is 1.00. The minimum atomic E-state index is -4.63. The van der Waals surface area contributed by atoms with Crippen molar-refractivity contribution in [1.82, 2.24) is 0 Å². The Morgan fingerprint density at radius 3 is 1.55 bits per heavy atom. The predicted molar refractivity (Wildman–Crippen MR) is 37.6 cm³/mol. The molecule has 0 fully saturated rings. The van der Waals surface area contributed by atoms with Crippen molar-refractivity contribution in [3.05, 3.63) is 0 Å². The van der Waals surface area contributed by atoms with Gasteiger partial charge in [0.1, 0.15) is 0 Å². The molecule has 6 heteroatoms. The van der Waals surface area contributed by atoms with Gasteiger partial charge in [0, 0.05) is 5.54 Å². The van der Waals surface area contributed by atoms with E-state index < -0.39 is 17.8 Å². The molecule has 0 aliphatic rings. The Balaban J connectivity index is 0. The summed E-state index contributed by atoms with van der Waals surface area (Å²) in [5.74, 6) is 0. The predicted octanol–water partition coefficient (Wildman–Crippen LogP) is 1.07. The van der Waals surface area contributed by atoms with Crippen molar-refractivity contribution in [2.45, 2.75) is 31.7 Å². The van der Waals surface area contributed by atoms with E-state index in [-0.39, 0.29) is 12.4 Å². The second kappa shape index (κ2) is 3.60. The van der Waals surface area contributed by atoms with Crippen LogP contribution in [0.15, 0.2) is 0 Å². The van der Waals surface area contributed by atoms with E-state index >= 15 is 0 Å². The molecule has 0 radical (unpaired) electrons. The van der Waals surface area contributed by atoms with Crippen LogP contribution in [0.5, 0.6) is 0 Å². The van der Waals surface area contributed by atoms with Gasteiger partial charge in [0.15, 0.2) is 6.10 Å². The Bertz CT molecular complexity index is 106. The Kier molecular flexibility index (Phi) is 4.44. The van der Waals surface area contributed by atoms with Crippen LogP contribution in [0.2, 0.25) is 0 Å². The van der Waals surface area contributed by atoms with Crippen molar-refractivity contribution >= 4 is 12.4 Å². The molecule has 11 heavy (non-hydrogen) atoms. The highest BCUT2D eigenvalue weighted by molar-refractivity contribution is 5.85. The normalized spacial score (nSPS) is 15.5. The average Bonchev–Trinajstić information content (AvgIpc) is 1.59. The van der Waals surface area contributed by atoms with Gasteiger partial charge >= 0.3 is 6.18 Å². The standard InChI is InChI=1S/C5H10F3NO.ClH/c1-4(2,9)3(10)5(6,7)8;/h3,10H,9H2,1-2H3;1H/t3-;/m1./s1. The Labute approximate surface area is 69.0 Å². The maximum absolute atomic E-state index is 11.6. The third-order valence-corrected chi connectivity index (χ3v) is 1.01. The molecule has 0 amide bonds. The Morgan fingerprint density at radius 2 is 1.55 bits per heavy atom. The largest absolute Gasteiger partial charge is 0.416 e. The molecule has 0 aromatic rings. The minimum Gasteiger partial charge on any atom is -0.382 e. The van der Waals surface area contributed by atoms with Gasteiger partial charge in [-0.15, -0.1) is 12.4 Å². The third-order valence-electron chi connectivity index (χ3n) is 1.01. The number of aliphatic hydroxyl groups excluding tert-OH is 1. The van der Waals surface area contributed by atoms with E-state index in [0.29, 0.717) is 0 Å². The van der Waals surface area contributed by atoms with Gasteiger partial charge in [-0.2, -0.15) is 13.2 Å². The molecular formula is C5H11ClF3NO. The van der Waals surface area contributed by atoms with Gasteiger partial charge in [-0.3, -0.25) is 0 Å². The molecule has 0 aromatic carbocycles. The molecule has 0 aliphatic carbocycles. The van der Waals surface area contributed by atoms with Crippen LogP contribution in [0.25, 0.3) is 0 Å². The summed E-state index contributed by atoms with van der Waals surface area (Å²) >= 11 is 0. The van der Waals surface area contributed by atoms with E-state index in [0.717, 1.165) is 13.8 Å². The van der Waals surface area contributed by atoms with Crippen molar-refractivity contribution in [1.29, 1.82) is 0 Å². The van der Waals surface area contributed by atoms with E-state index in [9.17, 15) is 13.2 Å². The quantitative estimate of drug-likeness (QED) is 0.655. The van der Waals surface area contributed by atoms with E-state index in [1.165, 1.54) is 0 Å². The summed E-state index contributed by atoms with van der Waals surface area (Å²) in [5.41, 5.74) is 3.37. The SMILES string of the molecule is CC(C)(N)[C@@H](O)C(F)(F)F.Cl. The zero-order chi connectivity index (χ0) is 8.58. The van der Waals surface area contributed by atoms with E-state index in [4.69, 9.17) is 10.8 Å². The molecule has 0 aliphatic heterocycles. The second-order valence-corrected chi connectivity index (χ2v) is 2.77. The fourth-order valence-corrected chi connectivity index (χ4v) is 0.422. The monoisotopic (exact) mass is 193 g/mol. The van der Waals surface area contributed by atoms with Crippen molar-refractivity contribution in [2.24, 2.45) is 5.73 Å². The van der Waals surface area contributed by atoms with Gasteiger partial charge in [0.2, 0.25) is 0 Å². The van der Waals surface area contributed by atoms with Crippen molar-refractivity contribution in [3.8, 4) is 0 Å². The van der Waals surface area contributed by atoms with Gasteiger partial charge in [0.25, 0.3) is 0 Å². The number of aliphatic hydroxyl groups is 1. The maximum atomic E-state index is 11.6. The smallest absolute Gasteiger partial charge is 0.382 e. The molecular weight excluding hydrogens is 183 g/mol. The highest BCUT2D eigenvalue weighted by Gasteiger charge is 2.45. The van der Waals surface area contributed by atoms with Crippen LogP contribution in [0.3, 0.4) is 0 Å². The molecule has 0 rings (SSSR count). The molecule has 0 unspecified atom stereocenters. The zero-order valence-electron chi connectivity index (χ0n) is 6.14. The topological polar surface area (TPSA) is 46.2 Å². The molecule has 0 aromatic heterocycles. The summed E-state index contributed by atoms with van der Waals surface area (Å²) in [7, 11) is 0. The summed E-state index contributed by atoms with van der Waals surface area (Å²) in [6, 6.07) is 0. The van der Waals surface area contributed by atoms with Gasteiger partial charge in [-0.05, 0) is 13.8 Å². The lowest BCUT2D eigenvalue weighted by molar-refractivity contribution is -0.219. The number of halogens is 4. The number of alkyl halides is 3. The summed E-state index contributed by atoms with van der Waals surface area (Å²) in [4.78, 5) is 0. The molecule has 0 heterocycles. The maximum Gasteiger partial charge on any atom is 0.416 e. The lowest BCUT2D eigenvalue weighted by Crippen LogP contribution is -2.52. The number of rotatable bonds is 1. The fourth-order valence-electron chi connectivity index (χ4n) is 0.422. The summed E-state index contributed by atoms with van der Waals surface area (Å²) in [5, 5.41) is 8.47. The van der Waals surface area contributed by atoms with Crippen molar-refractivity contribution in [3.63, 3.8) is 0 Å². The Morgan fingerprint density at radius 1 is 1.27 bits per heavy atom. The van der Waals surface area contributed by atoms with Crippen LogP contribution in [-0.2, 0) is 0 Å². The van der Waals surface area contributed by atoms with Crippen LogP contribution in [0.4, 0.5) is 13.2 Å². The van der Waals surface area contributed by atoms with Crippen LogP contribution in [0.1, 0.15) is 13.8 Å². The van der Waals surface area contributed by atoms with Crippen molar-refractivity contribution in [2.75, 3.05) is 0 Å². The van der Waals surface area contributed by atoms with Crippen LogP contribution < -0.4 is 5.73 Å². The van der Waals surface area contributed by atoms with Crippen molar-refractivity contribution < 1.29 is 18.3 Å². The van der Waals surface area contributed by atoms with Gasteiger partial charge in [-0.25, -0.2) is 0 Å². The minimum absolute atomic E-state index is 0. The summed E-state index contributed by atoms with van der Waals surface area (Å²) in [6.45, 7) is 2.23. The summed E-state index contributed by atoms with van der Waals surface area (Å²) < 4.78 is 34.8. The third kappa shape index (κ3) is 4.44. The summed E-state index contributed by atoms with van der Waals surface area (Å²) in [6.07, 6.45) is -7.09. The zero-order valence-corrected chi connectivity index (χ0v) is 6.96. The molecule has 2 nitrogen and oxygen atoms in total. The van der Waals surface area contributed by atoms with Crippen LogP contribution in [0, 0.1) is 0 Å². The van der Waals surface area contributed by atoms with E-state index in [2.05, 4.69) is 0 Å². The molecule has 3 N–H and O–H groups in total. The van der Waals surface area contributed by atoms with E-state index in [1.807, 2.05) is 0 Å².